The Morgan fingerprint density at radius 1 is 0.518 bits per heavy atom. The highest BCUT2D eigenvalue weighted by Gasteiger charge is 2.56. The summed E-state index contributed by atoms with van der Waals surface area (Å²) in [6.07, 6.45) is -13.5. The molecule has 10 atom stereocenters. The van der Waals surface area contributed by atoms with E-state index >= 15 is 0 Å². The van der Waals surface area contributed by atoms with Crippen LogP contribution in [0.2, 0.25) is 0 Å². The molecule has 15 heteroatoms. The van der Waals surface area contributed by atoms with Crippen molar-refractivity contribution in [1.82, 2.24) is 0 Å². The number of benzene rings is 3. The minimum atomic E-state index is -1.61. The van der Waals surface area contributed by atoms with Crippen molar-refractivity contribution < 1.29 is 71.7 Å². The summed E-state index contributed by atoms with van der Waals surface area (Å²) in [4.78, 5) is 49.4. The van der Waals surface area contributed by atoms with Crippen LogP contribution in [0.5, 0.6) is 0 Å². The van der Waals surface area contributed by atoms with E-state index in [0.717, 1.165) is 37.5 Å². The van der Waals surface area contributed by atoms with E-state index in [0.29, 0.717) is 0 Å². The van der Waals surface area contributed by atoms with Crippen LogP contribution in [0.4, 0.5) is 0 Å². The van der Waals surface area contributed by atoms with E-state index in [1.807, 2.05) is 91.0 Å². The van der Waals surface area contributed by atoms with Crippen LogP contribution in [0.3, 0.4) is 0 Å². The molecule has 1 N–H and O–H groups in total. The molecule has 2 fully saturated rings. The van der Waals surface area contributed by atoms with Gasteiger partial charge in [-0.05, 0) is 16.7 Å². The van der Waals surface area contributed by atoms with E-state index < -0.39 is 91.9 Å². The lowest BCUT2D eigenvalue weighted by Gasteiger charge is -2.48. The standard InChI is InChI=1S/C41H48O15/c1-25(42)48-24-33-35(51-26(2)43)37(52-27(3)44)39(53-28(4)45)41(55-33)56-36-34(49-21-30-16-10-6-11-17-30)32(23-47-20-29-14-8-5-9-15-29)54-40(46)38(36)50-22-31-18-12-7-13-19-31/h5-19,32-41,46H,20-24H2,1-4H3/t32-,33-,34-,35+,36+,37+,38-,39-,40-,41+/m1/s1. The van der Waals surface area contributed by atoms with Gasteiger partial charge in [-0.1, -0.05) is 91.0 Å². The van der Waals surface area contributed by atoms with Gasteiger partial charge in [0.2, 0.25) is 0 Å². The summed E-state index contributed by atoms with van der Waals surface area (Å²) >= 11 is 0. The van der Waals surface area contributed by atoms with E-state index in [1.54, 1.807) is 0 Å². The molecule has 2 aliphatic rings. The van der Waals surface area contributed by atoms with E-state index in [1.165, 1.54) is 6.92 Å². The normalized spacial score (nSPS) is 27.4. The number of hydrogen-bond donors (Lipinski definition) is 1. The third-order valence-corrected chi connectivity index (χ3v) is 8.81. The molecular formula is C41H48O15. The maximum absolute atomic E-state index is 12.6. The molecule has 2 aliphatic heterocycles. The van der Waals surface area contributed by atoms with Crippen molar-refractivity contribution in [2.45, 2.75) is 109 Å². The Morgan fingerprint density at radius 2 is 0.982 bits per heavy atom. The smallest absolute Gasteiger partial charge is 0.303 e. The molecule has 15 nitrogen and oxygen atoms in total. The molecule has 2 saturated heterocycles. The number of rotatable bonds is 17. The number of aliphatic hydroxyl groups excluding tert-OH is 1. The number of aliphatic hydroxyl groups is 1. The number of esters is 4. The predicted molar refractivity (Wildman–Crippen MR) is 194 cm³/mol. The van der Waals surface area contributed by atoms with Crippen LogP contribution >= 0.6 is 0 Å². The minimum absolute atomic E-state index is 0.0188. The highest BCUT2D eigenvalue weighted by molar-refractivity contribution is 5.68. The van der Waals surface area contributed by atoms with Crippen LogP contribution in [0.25, 0.3) is 0 Å². The lowest BCUT2D eigenvalue weighted by Crippen LogP contribution is -2.67. The maximum Gasteiger partial charge on any atom is 0.303 e. The summed E-state index contributed by atoms with van der Waals surface area (Å²) in [5.74, 6) is -3.06. The molecule has 2 heterocycles. The largest absolute Gasteiger partial charge is 0.463 e. The van der Waals surface area contributed by atoms with Crippen molar-refractivity contribution in [3.05, 3.63) is 108 Å². The van der Waals surface area contributed by atoms with Gasteiger partial charge in [0, 0.05) is 27.7 Å². The summed E-state index contributed by atoms with van der Waals surface area (Å²) in [6, 6.07) is 28.0. The van der Waals surface area contributed by atoms with Crippen LogP contribution < -0.4 is 0 Å². The van der Waals surface area contributed by atoms with Crippen LogP contribution in [0.1, 0.15) is 44.4 Å². The lowest BCUT2D eigenvalue weighted by molar-refractivity contribution is -0.366. The second kappa shape index (κ2) is 21.0. The van der Waals surface area contributed by atoms with Crippen molar-refractivity contribution in [1.29, 1.82) is 0 Å². The molecule has 0 unspecified atom stereocenters. The molecule has 3 aromatic rings. The van der Waals surface area contributed by atoms with Crippen LogP contribution in [0.15, 0.2) is 91.0 Å². The van der Waals surface area contributed by atoms with Gasteiger partial charge in [0.1, 0.15) is 37.1 Å². The first-order valence-corrected chi connectivity index (χ1v) is 18.2. The molecule has 56 heavy (non-hydrogen) atoms. The molecule has 0 aliphatic carbocycles. The van der Waals surface area contributed by atoms with Gasteiger partial charge in [-0.25, -0.2) is 0 Å². The van der Waals surface area contributed by atoms with Crippen LogP contribution in [-0.4, -0.2) is 104 Å². The lowest BCUT2D eigenvalue weighted by atomic mass is 9.96. The summed E-state index contributed by atoms with van der Waals surface area (Å²) in [5.41, 5.74) is 2.50. The van der Waals surface area contributed by atoms with Gasteiger partial charge in [-0.2, -0.15) is 0 Å². The third kappa shape index (κ3) is 12.4. The zero-order valence-corrected chi connectivity index (χ0v) is 31.6. The molecule has 0 spiro atoms. The molecule has 0 saturated carbocycles. The quantitative estimate of drug-likeness (QED) is 0.155. The number of carbonyl (C=O) groups is 4. The fraction of sp³-hybridized carbons (Fsp3) is 0.463. The third-order valence-electron chi connectivity index (χ3n) is 8.81. The highest BCUT2D eigenvalue weighted by Crippen LogP contribution is 2.35. The Kier molecular flexibility index (Phi) is 15.9. The van der Waals surface area contributed by atoms with Gasteiger partial charge >= 0.3 is 23.9 Å². The molecule has 302 valence electrons. The molecule has 0 radical (unpaired) electrons. The number of ether oxygens (including phenoxy) is 10. The van der Waals surface area contributed by atoms with Crippen molar-refractivity contribution in [3.8, 4) is 0 Å². The van der Waals surface area contributed by atoms with Gasteiger partial charge in [0.15, 0.2) is 30.9 Å². The SMILES string of the molecule is CC(=O)OC[C@H]1O[C@@H](O[C@@H]2[C@@H](OCc3ccccc3)[C@H](O)O[C@H](COCc3ccccc3)[C@H]2OCc2ccccc2)[C@H](OC(C)=O)[C@@H](OC(C)=O)[C@H]1OC(C)=O. The summed E-state index contributed by atoms with van der Waals surface area (Å²) < 4.78 is 60.2. The average Bonchev–Trinajstić information content (AvgIpc) is 3.16. The zero-order valence-electron chi connectivity index (χ0n) is 31.6. The first-order valence-electron chi connectivity index (χ1n) is 18.2. The van der Waals surface area contributed by atoms with Crippen molar-refractivity contribution >= 4 is 23.9 Å². The average molecular weight is 781 g/mol. The molecule has 3 aromatic carbocycles. The number of carbonyl (C=O) groups excluding carboxylic acids is 4. The summed E-state index contributed by atoms with van der Waals surface area (Å²) in [7, 11) is 0. The van der Waals surface area contributed by atoms with Gasteiger partial charge in [0.25, 0.3) is 0 Å². The summed E-state index contributed by atoms with van der Waals surface area (Å²) in [5, 5.41) is 11.6. The van der Waals surface area contributed by atoms with E-state index in [4.69, 9.17) is 47.4 Å². The van der Waals surface area contributed by atoms with Gasteiger partial charge in [-0.15, -0.1) is 0 Å². The Balaban J connectivity index is 1.54. The van der Waals surface area contributed by atoms with Crippen LogP contribution in [0, 0.1) is 0 Å². The second-order valence-corrected chi connectivity index (χ2v) is 13.3. The van der Waals surface area contributed by atoms with E-state index in [9.17, 15) is 24.3 Å². The Labute approximate surface area is 325 Å². The molecule has 0 bridgehead atoms. The van der Waals surface area contributed by atoms with Gasteiger partial charge in [-0.3, -0.25) is 19.2 Å². The molecule has 5 rings (SSSR count). The van der Waals surface area contributed by atoms with Gasteiger partial charge < -0.3 is 52.5 Å². The summed E-state index contributed by atoms with van der Waals surface area (Å²) in [6.45, 7) is 4.35. The Bertz CT molecular complexity index is 1690. The fourth-order valence-corrected chi connectivity index (χ4v) is 6.42. The topological polar surface area (TPSA) is 181 Å². The second-order valence-electron chi connectivity index (χ2n) is 13.3. The maximum atomic E-state index is 12.6. The van der Waals surface area contributed by atoms with Crippen LogP contribution in [-0.2, 0) is 86.4 Å². The first kappa shape index (κ1) is 42.4. The van der Waals surface area contributed by atoms with Gasteiger partial charge in [0.05, 0.1) is 26.4 Å². The molecule has 0 amide bonds. The molecular weight excluding hydrogens is 732 g/mol. The fourth-order valence-electron chi connectivity index (χ4n) is 6.42. The predicted octanol–water partition coefficient (Wildman–Crippen LogP) is 3.56. The first-order chi connectivity index (χ1) is 27.0. The molecule has 0 aromatic heterocycles. The Hall–Kier alpha value is -4.74. The highest BCUT2D eigenvalue weighted by atomic mass is 16.8. The van der Waals surface area contributed by atoms with Crippen molar-refractivity contribution in [2.75, 3.05) is 13.2 Å². The number of hydrogen-bond acceptors (Lipinski definition) is 15. The zero-order chi connectivity index (χ0) is 40.0. The minimum Gasteiger partial charge on any atom is -0.463 e. The van der Waals surface area contributed by atoms with Crippen molar-refractivity contribution in [3.63, 3.8) is 0 Å². The van der Waals surface area contributed by atoms with E-state index in [2.05, 4.69) is 0 Å². The van der Waals surface area contributed by atoms with E-state index in [-0.39, 0.29) is 26.4 Å². The Morgan fingerprint density at radius 3 is 1.50 bits per heavy atom. The van der Waals surface area contributed by atoms with Crippen molar-refractivity contribution in [2.24, 2.45) is 0 Å². The monoisotopic (exact) mass is 780 g/mol.